The summed E-state index contributed by atoms with van der Waals surface area (Å²) in [6.07, 6.45) is 1.65. The smallest absolute Gasteiger partial charge is 0.252 e. The summed E-state index contributed by atoms with van der Waals surface area (Å²) >= 11 is 1.06. The molecule has 0 aliphatic heterocycles. The molecular formula is C19H16F2N2O2S. The van der Waals surface area contributed by atoms with E-state index in [1.165, 1.54) is 10.6 Å². The van der Waals surface area contributed by atoms with E-state index in [1.807, 2.05) is 0 Å². The second-order valence-electron chi connectivity index (χ2n) is 5.55. The van der Waals surface area contributed by atoms with Crippen molar-refractivity contribution in [2.75, 3.05) is 7.11 Å². The summed E-state index contributed by atoms with van der Waals surface area (Å²) in [7, 11) is 1.55. The van der Waals surface area contributed by atoms with Gasteiger partial charge in [0.05, 0.1) is 23.7 Å². The number of rotatable bonds is 5. The lowest BCUT2D eigenvalue weighted by atomic mass is 10.1. The Kier molecular flexibility index (Phi) is 5.27. The Morgan fingerprint density at radius 3 is 2.88 bits per heavy atom. The molecule has 26 heavy (non-hydrogen) atoms. The van der Waals surface area contributed by atoms with Crippen LogP contribution in [0.15, 0.2) is 54.0 Å². The minimum atomic E-state index is -0.695. The molecule has 1 heterocycles. The highest BCUT2D eigenvalue weighted by Crippen LogP contribution is 2.22. The van der Waals surface area contributed by atoms with Crippen molar-refractivity contribution in [3.8, 4) is 5.75 Å². The molecule has 134 valence electrons. The maximum atomic E-state index is 14.2. The number of thiazole rings is 1. The highest BCUT2D eigenvalue weighted by atomic mass is 32.1. The molecule has 0 aliphatic rings. The van der Waals surface area contributed by atoms with Gasteiger partial charge >= 0.3 is 0 Å². The van der Waals surface area contributed by atoms with Gasteiger partial charge in [0, 0.05) is 12.6 Å². The topological polar surface area (TPSA) is 43.6 Å². The molecule has 0 N–H and O–H groups in total. The summed E-state index contributed by atoms with van der Waals surface area (Å²) in [6, 6.07) is 9.17. The molecular weight excluding hydrogens is 358 g/mol. The number of carbonyl (C=O) groups excluding carboxylic acids is 1. The molecule has 4 nitrogen and oxygen atoms in total. The SMILES string of the molecule is C=CCn1c(=NC(=O)Cc2cccc(OC)c2)sc2cc(F)cc(F)c21. The first kappa shape index (κ1) is 18.0. The fourth-order valence-corrected chi connectivity index (χ4v) is 3.71. The maximum absolute atomic E-state index is 14.2. The second kappa shape index (κ2) is 7.61. The van der Waals surface area contributed by atoms with E-state index in [-0.39, 0.29) is 24.4 Å². The number of ether oxygens (including phenoxy) is 1. The van der Waals surface area contributed by atoms with E-state index < -0.39 is 11.6 Å². The number of nitrogens with zero attached hydrogens (tertiary/aromatic N) is 2. The average molecular weight is 374 g/mol. The molecule has 0 saturated carbocycles. The number of benzene rings is 2. The Hall–Kier alpha value is -2.80. The lowest BCUT2D eigenvalue weighted by Gasteiger charge is -2.03. The van der Waals surface area contributed by atoms with Crippen LogP contribution in [-0.4, -0.2) is 17.6 Å². The predicted octanol–water partition coefficient (Wildman–Crippen LogP) is 3.85. The molecule has 1 amide bonds. The zero-order valence-electron chi connectivity index (χ0n) is 14.0. The maximum Gasteiger partial charge on any atom is 0.252 e. The van der Waals surface area contributed by atoms with Gasteiger partial charge in [-0.1, -0.05) is 29.5 Å². The molecule has 0 spiro atoms. The van der Waals surface area contributed by atoms with Gasteiger partial charge in [-0.2, -0.15) is 4.99 Å². The molecule has 1 aromatic heterocycles. The summed E-state index contributed by atoms with van der Waals surface area (Å²) in [5.74, 6) is -1.10. The van der Waals surface area contributed by atoms with Gasteiger partial charge in [-0.15, -0.1) is 6.58 Å². The predicted molar refractivity (Wildman–Crippen MR) is 97.2 cm³/mol. The third-order valence-corrected chi connectivity index (χ3v) is 4.74. The van der Waals surface area contributed by atoms with Gasteiger partial charge in [-0.25, -0.2) is 8.78 Å². The number of allylic oxidation sites excluding steroid dienone is 1. The van der Waals surface area contributed by atoms with Crippen molar-refractivity contribution < 1.29 is 18.3 Å². The monoisotopic (exact) mass is 374 g/mol. The minimum Gasteiger partial charge on any atom is -0.497 e. The van der Waals surface area contributed by atoms with Gasteiger partial charge in [-0.05, 0) is 23.8 Å². The fraction of sp³-hybridized carbons (Fsp3) is 0.158. The summed E-state index contributed by atoms with van der Waals surface area (Å²) in [5, 5.41) is 0. The van der Waals surface area contributed by atoms with Crippen LogP contribution < -0.4 is 9.54 Å². The summed E-state index contributed by atoms with van der Waals surface area (Å²) in [6.45, 7) is 3.90. The van der Waals surface area contributed by atoms with Gasteiger partial charge in [0.25, 0.3) is 5.91 Å². The van der Waals surface area contributed by atoms with Gasteiger partial charge < -0.3 is 9.30 Å². The first-order valence-corrected chi connectivity index (χ1v) is 8.63. The van der Waals surface area contributed by atoms with Crippen LogP contribution in [0.2, 0.25) is 0 Å². The molecule has 0 unspecified atom stereocenters. The van der Waals surface area contributed by atoms with Crippen LogP contribution in [0.1, 0.15) is 5.56 Å². The number of halogens is 2. The number of aromatic nitrogens is 1. The van der Waals surface area contributed by atoms with Crippen molar-refractivity contribution in [3.05, 3.63) is 71.1 Å². The largest absolute Gasteiger partial charge is 0.497 e. The Labute approximate surface area is 152 Å². The number of carbonyl (C=O) groups is 1. The van der Waals surface area contributed by atoms with E-state index in [9.17, 15) is 13.6 Å². The highest BCUT2D eigenvalue weighted by Gasteiger charge is 2.13. The molecule has 3 rings (SSSR count). The van der Waals surface area contributed by atoms with Gasteiger partial charge in [0.2, 0.25) is 0 Å². The second-order valence-corrected chi connectivity index (χ2v) is 6.56. The quantitative estimate of drug-likeness (QED) is 0.637. The molecule has 0 fully saturated rings. The van der Waals surface area contributed by atoms with Crippen molar-refractivity contribution in [2.45, 2.75) is 13.0 Å². The standard InChI is InChI=1S/C19H16F2N2O2S/c1-3-7-23-18-15(21)10-13(20)11-16(18)26-19(23)22-17(24)9-12-5-4-6-14(8-12)25-2/h3-6,8,10-11H,1,7,9H2,2H3. The molecule has 0 atom stereocenters. The zero-order chi connectivity index (χ0) is 18.7. The van der Waals surface area contributed by atoms with Gasteiger partial charge in [0.15, 0.2) is 10.6 Å². The van der Waals surface area contributed by atoms with E-state index >= 15 is 0 Å². The van der Waals surface area contributed by atoms with Crippen LogP contribution in [0.4, 0.5) is 8.78 Å². The van der Waals surface area contributed by atoms with E-state index in [4.69, 9.17) is 4.74 Å². The number of fused-ring (bicyclic) bond motifs is 1. The van der Waals surface area contributed by atoms with Crippen LogP contribution >= 0.6 is 11.3 Å². The molecule has 0 saturated heterocycles. The van der Waals surface area contributed by atoms with E-state index in [1.54, 1.807) is 37.5 Å². The van der Waals surface area contributed by atoms with Crippen LogP contribution in [0.25, 0.3) is 10.2 Å². The van der Waals surface area contributed by atoms with Crippen LogP contribution in [-0.2, 0) is 17.8 Å². The number of hydrogen-bond acceptors (Lipinski definition) is 3. The lowest BCUT2D eigenvalue weighted by molar-refractivity contribution is -0.117. The van der Waals surface area contributed by atoms with Crippen molar-refractivity contribution in [2.24, 2.45) is 4.99 Å². The molecule has 3 aromatic rings. The van der Waals surface area contributed by atoms with E-state index in [2.05, 4.69) is 11.6 Å². The Morgan fingerprint density at radius 2 is 2.15 bits per heavy atom. The van der Waals surface area contributed by atoms with Crippen LogP contribution in [0, 0.1) is 11.6 Å². The van der Waals surface area contributed by atoms with Crippen molar-refractivity contribution in [3.63, 3.8) is 0 Å². The van der Waals surface area contributed by atoms with Crippen molar-refractivity contribution >= 4 is 27.5 Å². The van der Waals surface area contributed by atoms with E-state index in [0.29, 0.717) is 15.3 Å². The zero-order valence-corrected chi connectivity index (χ0v) is 14.9. The summed E-state index contributed by atoms with van der Waals surface area (Å²) in [5.41, 5.74) is 0.968. The van der Waals surface area contributed by atoms with Gasteiger partial charge in [-0.3, -0.25) is 4.79 Å². The summed E-state index contributed by atoms with van der Waals surface area (Å²) < 4.78 is 34.7. The third-order valence-electron chi connectivity index (χ3n) is 3.72. The number of amides is 1. The molecule has 0 aliphatic carbocycles. The Balaban J connectivity index is 2.02. The lowest BCUT2D eigenvalue weighted by Crippen LogP contribution is -2.17. The first-order chi connectivity index (χ1) is 12.5. The third kappa shape index (κ3) is 3.72. The van der Waals surface area contributed by atoms with E-state index in [0.717, 1.165) is 23.0 Å². The minimum absolute atomic E-state index is 0.0797. The molecule has 2 aromatic carbocycles. The molecule has 0 radical (unpaired) electrons. The van der Waals surface area contributed by atoms with Crippen molar-refractivity contribution in [1.82, 2.24) is 4.57 Å². The normalized spacial score (nSPS) is 11.7. The molecule has 0 bridgehead atoms. The Morgan fingerprint density at radius 1 is 1.35 bits per heavy atom. The van der Waals surface area contributed by atoms with Crippen LogP contribution in [0.3, 0.4) is 0 Å². The fourth-order valence-electron chi connectivity index (χ4n) is 2.62. The van der Waals surface area contributed by atoms with Crippen molar-refractivity contribution in [1.29, 1.82) is 0 Å². The Bertz CT molecular complexity index is 1050. The van der Waals surface area contributed by atoms with Gasteiger partial charge in [0.1, 0.15) is 11.6 Å². The summed E-state index contributed by atoms with van der Waals surface area (Å²) in [4.78, 5) is 16.8. The first-order valence-electron chi connectivity index (χ1n) is 7.81. The molecule has 7 heteroatoms. The average Bonchev–Trinajstić information content (AvgIpc) is 2.92. The number of methoxy groups -OCH3 is 1. The van der Waals surface area contributed by atoms with Crippen LogP contribution in [0.5, 0.6) is 5.75 Å². The highest BCUT2D eigenvalue weighted by molar-refractivity contribution is 7.16. The number of hydrogen-bond donors (Lipinski definition) is 0.